The van der Waals surface area contributed by atoms with Gasteiger partial charge in [0.1, 0.15) is 0 Å². The molecule has 0 bridgehead atoms. The van der Waals surface area contributed by atoms with Crippen molar-refractivity contribution in [1.29, 1.82) is 0 Å². The largest absolute Gasteiger partial charge is 0.369 e. The van der Waals surface area contributed by atoms with Gasteiger partial charge in [-0.05, 0) is 37.1 Å². The van der Waals surface area contributed by atoms with E-state index in [9.17, 15) is 9.59 Å². The van der Waals surface area contributed by atoms with Crippen LogP contribution in [0.4, 0.5) is 5.69 Å². The second-order valence-electron chi connectivity index (χ2n) is 6.63. The molecule has 1 saturated heterocycles. The smallest absolute Gasteiger partial charge is 0.277 e. The highest BCUT2D eigenvalue weighted by Crippen LogP contribution is 2.20. The molecule has 1 aliphatic heterocycles. The van der Waals surface area contributed by atoms with Crippen molar-refractivity contribution >= 4 is 29.1 Å². The van der Waals surface area contributed by atoms with Crippen molar-refractivity contribution in [2.45, 2.75) is 19.4 Å². The van der Waals surface area contributed by atoms with Crippen molar-refractivity contribution in [3.63, 3.8) is 0 Å². The average Bonchev–Trinajstić information content (AvgIpc) is 2.95. The highest BCUT2D eigenvalue weighted by Gasteiger charge is 2.23. The van der Waals surface area contributed by atoms with E-state index in [-0.39, 0.29) is 23.4 Å². The van der Waals surface area contributed by atoms with E-state index in [1.807, 2.05) is 24.3 Å². The minimum absolute atomic E-state index is 0.0644. The Balaban J connectivity index is 1.59. The lowest BCUT2D eigenvalue weighted by atomic mass is 9.97. The first kappa shape index (κ1) is 18.4. The molecule has 3 N–H and O–H groups in total. The maximum atomic E-state index is 12.2. The van der Waals surface area contributed by atoms with Crippen LogP contribution in [0.25, 0.3) is 0 Å². The molecule has 7 nitrogen and oxygen atoms in total. The molecule has 1 fully saturated rings. The van der Waals surface area contributed by atoms with Gasteiger partial charge in [-0.1, -0.05) is 23.7 Å². The van der Waals surface area contributed by atoms with Gasteiger partial charge < -0.3 is 11.1 Å². The molecule has 0 aliphatic carbocycles. The quantitative estimate of drug-likeness (QED) is 0.836. The summed E-state index contributed by atoms with van der Waals surface area (Å²) in [5.74, 6) is -0.630. The van der Waals surface area contributed by atoms with Crippen molar-refractivity contribution in [2.24, 2.45) is 18.7 Å². The van der Waals surface area contributed by atoms with Crippen LogP contribution in [0, 0.1) is 5.92 Å². The fourth-order valence-corrected chi connectivity index (χ4v) is 3.45. The number of hydrogen-bond acceptors (Lipinski definition) is 4. The van der Waals surface area contributed by atoms with Crippen LogP contribution in [0.2, 0.25) is 5.02 Å². The van der Waals surface area contributed by atoms with Gasteiger partial charge in [-0.3, -0.25) is 19.2 Å². The van der Waals surface area contributed by atoms with Crippen molar-refractivity contribution in [2.75, 3.05) is 18.4 Å². The third kappa shape index (κ3) is 4.42. The molecular formula is C18H22ClN5O2. The van der Waals surface area contributed by atoms with Gasteiger partial charge in [-0.25, -0.2) is 0 Å². The molecule has 0 spiro atoms. The summed E-state index contributed by atoms with van der Waals surface area (Å²) in [5.41, 5.74) is 7.42. The lowest BCUT2D eigenvalue weighted by Crippen LogP contribution is -2.40. The number of carbonyl (C=O) groups is 2. The van der Waals surface area contributed by atoms with E-state index < -0.39 is 0 Å². The molecule has 3 rings (SSSR count). The zero-order valence-electron chi connectivity index (χ0n) is 14.6. The van der Waals surface area contributed by atoms with Gasteiger partial charge in [0.15, 0.2) is 5.69 Å². The molecule has 0 radical (unpaired) electrons. The van der Waals surface area contributed by atoms with E-state index in [4.69, 9.17) is 17.3 Å². The van der Waals surface area contributed by atoms with E-state index in [2.05, 4.69) is 15.3 Å². The fraction of sp³-hybridized carbons (Fsp3) is 0.389. The molecule has 26 heavy (non-hydrogen) atoms. The molecule has 1 aliphatic rings. The SMILES string of the molecule is Cn1cc(Cl)c(C(=O)Nc2ccc(CN3CCCC(C(N)=O)C3)cc2)n1. The van der Waals surface area contributed by atoms with Crippen LogP contribution in [0.1, 0.15) is 28.9 Å². The predicted molar refractivity (Wildman–Crippen MR) is 99.8 cm³/mol. The number of primary amides is 1. The Bertz CT molecular complexity index is 802. The van der Waals surface area contributed by atoms with Crippen LogP contribution in [-0.2, 0) is 18.4 Å². The van der Waals surface area contributed by atoms with E-state index >= 15 is 0 Å². The van der Waals surface area contributed by atoms with E-state index in [1.54, 1.807) is 13.2 Å². The molecule has 138 valence electrons. The minimum Gasteiger partial charge on any atom is -0.369 e. The first-order valence-corrected chi connectivity index (χ1v) is 8.91. The number of piperidine rings is 1. The fourth-order valence-electron chi connectivity index (χ4n) is 3.19. The summed E-state index contributed by atoms with van der Waals surface area (Å²) in [7, 11) is 1.71. The predicted octanol–water partition coefficient (Wildman–Crippen LogP) is 2.02. The molecular weight excluding hydrogens is 354 g/mol. The number of likely N-dealkylation sites (tertiary alicyclic amines) is 1. The van der Waals surface area contributed by atoms with Gasteiger partial charge in [0, 0.05) is 32.0 Å². The molecule has 2 amide bonds. The number of carbonyl (C=O) groups excluding carboxylic acids is 2. The Kier molecular flexibility index (Phi) is 5.58. The van der Waals surface area contributed by atoms with Gasteiger partial charge in [-0.15, -0.1) is 0 Å². The molecule has 1 unspecified atom stereocenters. The van der Waals surface area contributed by atoms with Crippen LogP contribution in [0.15, 0.2) is 30.5 Å². The number of hydrogen-bond donors (Lipinski definition) is 2. The minimum atomic E-state index is -0.344. The summed E-state index contributed by atoms with van der Waals surface area (Å²) in [6, 6.07) is 7.62. The lowest BCUT2D eigenvalue weighted by molar-refractivity contribution is -0.123. The zero-order chi connectivity index (χ0) is 18.7. The first-order valence-electron chi connectivity index (χ1n) is 8.53. The number of anilines is 1. The first-order chi connectivity index (χ1) is 12.4. The topological polar surface area (TPSA) is 93.3 Å². The lowest BCUT2D eigenvalue weighted by Gasteiger charge is -2.31. The molecule has 2 heterocycles. The molecule has 8 heteroatoms. The number of nitrogens with one attached hydrogen (secondary N) is 1. The van der Waals surface area contributed by atoms with Crippen molar-refractivity contribution in [1.82, 2.24) is 14.7 Å². The third-order valence-corrected chi connectivity index (χ3v) is 4.80. The van der Waals surface area contributed by atoms with Crippen LogP contribution < -0.4 is 11.1 Å². The molecule has 0 saturated carbocycles. The number of nitrogens with two attached hydrogens (primary N) is 1. The summed E-state index contributed by atoms with van der Waals surface area (Å²) >= 11 is 5.99. The Labute approximate surface area is 157 Å². The third-order valence-electron chi connectivity index (χ3n) is 4.53. The molecule has 1 aromatic carbocycles. The van der Waals surface area contributed by atoms with E-state index in [0.717, 1.165) is 31.5 Å². The Hall–Kier alpha value is -2.38. The highest BCUT2D eigenvalue weighted by molar-refractivity contribution is 6.34. The van der Waals surface area contributed by atoms with Crippen LogP contribution in [-0.4, -0.2) is 39.6 Å². The summed E-state index contributed by atoms with van der Waals surface area (Å²) in [6.07, 6.45) is 3.43. The van der Waals surface area contributed by atoms with Gasteiger partial charge >= 0.3 is 0 Å². The summed E-state index contributed by atoms with van der Waals surface area (Å²) in [5, 5.41) is 7.16. The average molecular weight is 376 g/mol. The highest BCUT2D eigenvalue weighted by atomic mass is 35.5. The van der Waals surface area contributed by atoms with Gasteiger partial charge in [0.25, 0.3) is 5.91 Å². The molecule has 2 aromatic rings. The maximum Gasteiger partial charge on any atom is 0.277 e. The van der Waals surface area contributed by atoms with Crippen molar-refractivity contribution in [3.05, 3.63) is 46.7 Å². The second kappa shape index (κ2) is 7.88. The number of nitrogens with zero attached hydrogens (tertiary/aromatic N) is 3. The summed E-state index contributed by atoms with van der Waals surface area (Å²) < 4.78 is 1.50. The van der Waals surface area contributed by atoms with Crippen molar-refractivity contribution < 1.29 is 9.59 Å². The molecule has 1 atom stereocenters. The number of aromatic nitrogens is 2. The Morgan fingerprint density at radius 3 is 2.69 bits per heavy atom. The normalized spacial score (nSPS) is 17.8. The van der Waals surface area contributed by atoms with E-state index in [1.165, 1.54) is 4.68 Å². The number of benzene rings is 1. The Morgan fingerprint density at radius 2 is 2.08 bits per heavy atom. The number of aryl methyl sites for hydroxylation is 1. The number of rotatable bonds is 5. The van der Waals surface area contributed by atoms with Crippen LogP contribution >= 0.6 is 11.6 Å². The Morgan fingerprint density at radius 1 is 1.35 bits per heavy atom. The van der Waals surface area contributed by atoms with Gasteiger partial charge in [0.2, 0.25) is 5.91 Å². The maximum absolute atomic E-state index is 12.2. The van der Waals surface area contributed by atoms with Gasteiger partial charge in [-0.2, -0.15) is 5.10 Å². The van der Waals surface area contributed by atoms with Crippen LogP contribution in [0.5, 0.6) is 0 Å². The summed E-state index contributed by atoms with van der Waals surface area (Å²) in [6.45, 7) is 2.41. The summed E-state index contributed by atoms with van der Waals surface area (Å²) in [4.78, 5) is 25.8. The zero-order valence-corrected chi connectivity index (χ0v) is 15.4. The second-order valence-corrected chi connectivity index (χ2v) is 7.03. The van der Waals surface area contributed by atoms with Gasteiger partial charge in [0.05, 0.1) is 10.9 Å². The molecule has 1 aromatic heterocycles. The monoisotopic (exact) mass is 375 g/mol. The number of amides is 2. The van der Waals surface area contributed by atoms with Crippen molar-refractivity contribution in [3.8, 4) is 0 Å². The number of halogens is 1. The van der Waals surface area contributed by atoms with Crippen LogP contribution in [0.3, 0.4) is 0 Å². The van der Waals surface area contributed by atoms with E-state index in [0.29, 0.717) is 17.3 Å². The standard InChI is InChI=1S/C18H22ClN5O2/c1-23-11-15(19)16(22-23)18(26)21-14-6-4-12(5-7-14)9-24-8-2-3-13(10-24)17(20)25/h4-7,11,13H,2-3,8-10H2,1H3,(H2,20,25)(H,21,26).